The topological polar surface area (TPSA) is 74.8 Å². The van der Waals surface area contributed by atoms with E-state index in [1.54, 1.807) is 11.3 Å². The lowest BCUT2D eigenvalue weighted by Gasteiger charge is -2.08. The van der Waals surface area contributed by atoms with Crippen LogP contribution in [0.3, 0.4) is 0 Å². The number of amides is 1. The fraction of sp³-hybridized carbons (Fsp3) is 0.588. The zero-order valence-corrected chi connectivity index (χ0v) is 15.9. The van der Waals surface area contributed by atoms with Crippen LogP contribution in [0.2, 0.25) is 0 Å². The molecular formula is C17H23N3O2S2. The summed E-state index contributed by atoms with van der Waals surface area (Å²) >= 11 is 2.86. The highest BCUT2D eigenvalue weighted by Gasteiger charge is 2.23. The molecule has 7 heteroatoms. The van der Waals surface area contributed by atoms with E-state index in [0.29, 0.717) is 17.1 Å². The molecule has 1 saturated carbocycles. The second-order valence-electron chi connectivity index (χ2n) is 6.54. The number of aromatic nitrogens is 2. The molecule has 2 aromatic rings. The van der Waals surface area contributed by atoms with E-state index in [0.717, 1.165) is 46.3 Å². The monoisotopic (exact) mass is 365 g/mol. The number of nitrogens with one attached hydrogen (secondary N) is 2. The maximum absolute atomic E-state index is 12.5. The first-order valence-corrected chi connectivity index (χ1v) is 10.2. The maximum atomic E-state index is 12.5. The summed E-state index contributed by atoms with van der Waals surface area (Å²) in [4.78, 5) is 33.7. The van der Waals surface area contributed by atoms with Gasteiger partial charge >= 0.3 is 0 Å². The standard InChI is InChI=1S/C17H23N3O2S2/c1-4-9(2)7-12-10(3)24-16-14(12)15(22)19-17(20-16)23-8-13(21)18-11-5-6-11/h9,11H,4-8H2,1-3H3,(H,18,21)(H,19,20,22)/t9-/m0/s1. The number of carbonyl (C=O) groups excluding carboxylic acids is 1. The Hall–Kier alpha value is -1.34. The third kappa shape index (κ3) is 4.00. The smallest absolute Gasteiger partial charge is 0.260 e. The van der Waals surface area contributed by atoms with Crippen LogP contribution in [-0.2, 0) is 11.2 Å². The van der Waals surface area contributed by atoms with Crippen LogP contribution in [0.4, 0.5) is 0 Å². The summed E-state index contributed by atoms with van der Waals surface area (Å²) in [6.45, 7) is 6.42. The first kappa shape index (κ1) is 17.5. The van der Waals surface area contributed by atoms with E-state index in [4.69, 9.17) is 0 Å². The molecule has 3 rings (SSSR count). The number of hydrogen-bond acceptors (Lipinski definition) is 5. The van der Waals surface area contributed by atoms with E-state index >= 15 is 0 Å². The average molecular weight is 366 g/mol. The lowest BCUT2D eigenvalue weighted by Crippen LogP contribution is -2.27. The van der Waals surface area contributed by atoms with Crippen molar-refractivity contribution in [3.05, 3.63) is 20.8 Å². The Bertz CT molecular complexity index is 808. The Balaban J connectivity index is 1.79. The molecule has 1 aliphatic rings. The van der Waals surface area contributed by atoms with Crippen molar-refractivity contribution in [3.8, 4) is 0 Å². The van der Waals surface area contributed by atoms with Gasteiger partial charge in [-0.15, -0.1) is 11.3 Å². The Morgan fingerprint density at radius 1 is 1.50 bits per heavy atom. The Morgan fingerprint density at radius 2 is 2.25 bits per heavy atom. The van der Waals surface area contributed by atoms with Crippen LogP contribution in [0, 0.1) is 12.8 Å². The van der Waals surface area contributed by atoms with Crippen molar-refractivity contribution in [1.82, 2.24) is 15.3 Å². The molecular weight excluding hydrogens is 342 g/mol. The number of rotatable bonds is 7. The number of thiophene rings is 1. The minimum Gasteiger partial charge on any atom is -0.353 e. The van der Waals surface area contributed by atoms with E-state index in [-0.39, 0.29) is 17.2 Å². The van der Waals surface area contributed by atoms with Gasteiger partial charge in [0.05, 0.1) is 11.1 Å². The quantitative estimate of drug-likeness (QED) is 0.583. The molecule has 1 atom stereocenters. The van der Waals surface area contributed by atoms with Gasteiger partial charge in [0, 0.05) is 10.9 Å². The van der Waals surface area contributed by atoms with Gasteiger partial charge in [-0.1, -0.05) is 32.0 Å². The molecule has 5 nitrogen and oxygen atoms in total. The zero-order chi connectivity index (χ0) is 17.3. The largest absolute Gasteiger partial charge is 0.353 e. The van der Waals surface area contributed by atoms with Gasteiger partial charge in [-0.3, -0.25) is 9.59 Å². The third-order valence-electron chi connectivity index (χ3n) is 4.37. The van der Waals surface area contributed by atoms with E-state index in [1.807, 2.05) is 0 Å². The molecule has 0 aliphatic heterocycles. The van der Waals surface area contributed by atoms with Crippen LogP contribution >= 0.6 is 23.1 Å². The summed E-state index contributed by atoms with van der Waals surface area (Å²) < 4.78 is 0. The second kappa shape index (κ2) is 7.27. The highest BCUT2D eigenvalue weighted by molar-refractivity contribution is 7.99. The van der Waals surface area contributed by atoms with Gasteiger partial charge in [0.2, 0.25) is 5.91 Å². The van der Waals surface area contributed by atoms with Gasteiger partial charge < -0.3 is 10.3 Å². The second-order valence-corrected chi connectivity index (χ2v) is 8.70. The highest BCUT2D eigenvalue weighted by Crippen LogP contribution is 2.30. The Kier molecular flexibility index (Phi) is 5.30. The van der Waals surface area contributed by atoms with Gasteiger partial charge in [0.15, 0.2) is 5.16 Å². The number of aryl methyl sites for hydroxylation is 1. The number of nitrogens with zero attached hydrogens (tertiary/aromatic N) is 1. The highest BCUT2D eigenvalue weighted by atomic mass is 32.2. The lowest BCUT2D eigenvalue weighted by molar-refractivity contribution is -0.118. The minimum atomic E-state index is -0.0900. The van der Waals surface area contributed by atoms with E-state index in [1.165, 1.54) is 11.8 Å². The van der Waals surface area contributed by atoms with Crippen LogP contribution in [-0.4, -0.2) is 27.7 Å². The minimum absolute atomic E-state index is 0.00469. The number of hydrogen-bond donors (Lipinski definition) is 2. The molecule has 0 aromatic carbocycles. The van der Waals surface area contributed by atoms with Crippen molar-refractivity contribution in [2.75, 3.05) is 5.75 Å². The summed E-state index contributed by atoms with van der Waals surface area (Å²) in [5.41, 5.74) is 1.04. The van der Waals surface area contributed by atoms with Gasteiger partial charge in [-0.2, -0.15) is 0 Å². The van der Waals surface area contributed by atoms with E-state index < -0.39 is 0 Å². The van der Waals surface area contributed by atoms with Crippen molar-refractivity contribution in [3.63, 3.8) is 0 Å². The van der Waals surface area contributed by atoms with Crippen molar-refractivity contribution in [2.24, 2.45) is 5.92 Å². The van der Waals surface area contributed by atoms with Crippen molar-refractivity contribution >= 4 is 39.2 Å². The Labute approximate surface area is 149 Å². The fourth-order valence-corrected chi connectivity index (χ4v) is 4.38. The molecule has 1 fully saturated rings. The van der Waals surface area contributed by atoms with Gasteiger partial charge in [0.1, 0.15) is 4.83 Å². The summed E-state index contributed by atoms with van der Waals surface area (Å²) in [5, 5.41) is 4.19. The summed E-state index contributed by atoms with van der Waals surface area (Å²) in [6, 6.07) is 0.357. The molecule has 1 aliphatic carbocycles. The number of fused-ring (bicyclic) bond motifs is 1. The van der Waals surface area contributed by atoms with Gasteiger partial charge in [-0.05, 0) is 37.7 Å². The number of carbonyl (C=O) groups is 1. The van der Waals surface area contributed by atoms with Crippen LogP contribution in [0.25, 0.3) is 10.2 Å². The van der Waals surface area contributed by atoms with Gasteiger partial charge in [0.25, 0.3) is 5.56 Å². The molecule has 0 saturated heterocycles. The lowest BCUT2D eigenvalue weighted by atomic mass is 9.98. The normalized spacial score (nSPS) is 15.6. The average Bonchev–Trinajstić information content (AvgIpc) is 3.29. The Morgan fingerprint density at radius 3 is 2.92 bits per heavy atom. The van der Waals surface area contributed by atoms with Crippen molar-refractivity contribution < 1.29 is 4.79 Å². The van der Waals surface area contributed by atoms with Crippen LogP contribution in [0.5, 0.6) is 0 Å². The van der Waals surface area contributed by atoms with E-state index in [9.17, 15) is 9.59 Å². The molecule has 2 aromatic heterocycles. The molecule has 1 amide bonds. The molecule has 24 heavy (non-hydrogen) atoms. The predicted octanol–water partition coefficient (Wildman–Crippen LogP) is 3.25. The molecule has 0 unspecified atom stereocenters. The van der Waals surface area contributed by atoms with Crippen molar-refractivity contribution in [1.29, 1.82) is 0 Å². The molecule has 0 bridgehead atoms. The van der Waals surface area contributed by atoms with Crippen LogP contribution < -0.4 is 10.9 Å². The maximum Gasteiger partial charge on any atom is 0.260 e. The van der Waals surface area contributed by atoms with E-state index in [2.05, 4.69) is 36.1 Å². The molecule has 130 valence electrons. The van der Waals surface area contributed by atoms with Crippen LogP contribution in [0.15, 0.2) is 9.95 Å². The molecule has 2 N–H and O–H groups in total. The molecule has 0 spiro atoms. The summed E-state index contributed by atoms with van der Waals surface area (Å²) in [5.74, 6) is 0.834. The van der Waals surface area contributed by atoms with Gasteiger partial charge in [-0.25, -0.2) is 4.98 Å². The summed E-state index contributed by atoms with van der Waals surface area (Å²) in [7, 11) is 0. The first-order chi connectivity index (χ1) is 11.5. The first-order valence-electron chi connectivity index (χ1n) is 8.42. The molecule has 0 radical (unpaired) electrons. The number of thioether (sulfide) groups is 1. The predicted molar refractivity (Wildman–Crippen MR) is 100 cm³/mol. The zero-order valence-electron chi connectivity index (χ0n) is 14.3. The number of aromatic amines is 1. The molecule has 2 heterocycles. The van der Waals surface area contributed by atoms with Crippen molar-refractivity contribution in [2.45, 2.75) is 57.7 Å². The third-order valence-corrected chi connectivity index (χ3v) is 6.29. The SMILES string of the molecule is CC[C@H](C)Cc1c(C)sc2nc(SCC(=O)NC3CC3)[nH]c(=O)c12. The van der Waals surface area contributed by atoms with Crippen LogP contribution in [0.1, 0.15) is 43.6 Å². The summed E-state index contributed by atoms with van der Waals surface area (Å²) in [6.07, 6.45) is 4.14. The fourth-order valence-electron chi connectivity index (χ4n) is 2.59. The number of H-pyrrole nitrogens is 1.